The highest BCUT2D eigenvalue weighted by Crippen LogP contribution is 2.25. The third kappa shape index (κ3) is 3.20. The molecule has 0 bridgehead atoms. The van der Waals surface area contributed by atoms with E-state index in [-0.39, 0.29) is 5.91 Å². The molecule has 0 spiro atoms. The Labute approximate surface area is 102 Å². The van der Waals surface area contributed by atoms with E-state index in [9.17, 15) is 4.79 Å². The molecule has 0 atom stereocenters. The lowest BCUT2D eigenvalue weighted by Crippen LogP contribution is -2.19. The third-order valence-electron chi connectivity index (χ3n) is 2.93. The van der Waals surface area contributed by atoms with Crippen LogP contribution in [0.5, 0.6) is 0 Å². The lowest BCUT2D eigenvalue weighted by atomic mass is 10.0. The first kappa shape index (κ1) is 11.9. The Morgan fingerprint density at radius 1 is 1.29 bits per heavy atom. The largest absolute Gasteiger partial charge is 0.385 e. The lowest BCUT2D eigenvalue weighted by Gasteiger charge is -2.18. The van der Waals surface area contributed by atoms with Crippen molar-refractivity contribution in [2.24, 2.45) is 0 Å². The summed E-state index contributed by atoms with van der Waals surface area (Å²) >= 11 is 0. The van der Waals surface area contributed by atoms with Crippen molar-refractivity contribution < 1.29 is 4.79 Å². The van der Waals surface area contributed by atoms with Gasteiger partial charge in [-0.05, 0) is 50.2 Å². The van der Waals surface area contributed by atoms with Crippen LogP contribution in [0.1, 0.15) is 18.4 Å². The fourth-order valence-electron chi connectivity index (χ4n) is 1.99. The maximum atomic E-state index is 11.2. The summed E-state index contributed by atoms with van der Waals surface area (Å²) in [5, 5.41) is 9.40. The number of hydrogen-bond acceptors (Lipinski definition) is 3. The molecule has 2 rings (SSSR count). The predicted octanol–water partition coefficient (Wildman–Crippen LogP) is 1.59. The highest BCUT2D eigenvalue weighted by atomic mass is 16.1. The Bertz CT molecular complexity index is 404. The van der Waals surface area contributed by atoms with E-state index in [1.54, 1.807) is 0 Å². The summed E-state index contributed by atoms with van der Waals surface area (Å²) in [5.41, 5.74) is 3.32. The Balaban J connectivity index is 1.94. The van der Waals surface area contributed by atoms with Crippen LogP contribution in [-0.4, -0.2) is 26.0 Å². The van der Waals surface area contributed by atoms with Gasteiger partial charge in [0.2, 0.25) is 5.91 Å². The quantitative estimate of drug-likeness (QED) is 0.677. The first-order chi connectivity index (χ1) is 8.29. The van der Waals surface area contributed by atoms with Crippen molar-refractivity contribution in [2.75, 3.05) is 30.8 Å². The van der Waals surface area contributed by atoms with Gasteiger partial charge in [-0.3, -0.25) is 4.79 Å². The van der Waals surface area contributed by atoms with Crippen molar-refractivity contribution in [3.8, 4) is 0 Å². The van der Waals surface area contributed by atoms with Gasteiger partial charge in [0.25, 0.3) is 0 Å². The second-order valence-corrected chi connectivity index (χ2v) is 4.30. The van der Waals surface area contributed by atoms with Crippen LogP contribution >= 0.6 is 0 Å². The molecule has 1 aromatic rings. The van der Waals surface area contributed by atoms with Crippen molar-refractivity contribution in [3.63, 3.8) is 0 Å². The van der Waals surface area contributed by atoms with Gasteiger partial charge < -0.3 is 16.0 Å². The average molecular weight is 233 g/mol. The van der Waals surface area contributed by atoms with E-state index >= 15 is 0 Å². The standard InChI is InChI=1S/C13H19N3O/c1-14-7-2-8-15-11-4-5-12-10(9-11)3-6-13(17)16-12/h4-5,9,14-15H,2-3,6-8H2,1H3,(H,16,17). The van der Waals surface area contributed by atoms with Gasteiger partial charge in [0.1, 0.15) is 0 Å². The van der Waals surface area contributed by atoms with Crippen LogP contribution in [0, 0.1) is 0 Å². The molecular formula is C13H19N3O. The maximum Gasteiger partial charge on any atom is 0.224 e. The fourth-order valence-corrected chi connectivity index (χ4v) is 1.99. The molecule has 0 saturated carbocycles. The van der Waals surface area contributed by atoms with E-state index in [4.69, 9.17) is 0 Å². The van der Waals surface area contributed by atoms with Gasteiger partial charge in [0, 0.05) is 24.3 Å². The predicted molar refractivity (Wildman–Crippen MR) is 70.4 cm³/mol. The topological polar surface area (TPSA) is 53.2 Å². The Hall–Kier alpha value is -1.55. The summed E-state index contributed by atoms with van der Waals surface area (Å²) in [7, 11) is 1.96. The molecule has 17 heavy (non-hydrogen) atoms. The van der Waals surface area contributed by atoms with Crippen LogP contribution in [0.4, 0.5) is 11.4 Å². The number of anilines is 2. The van der Waals surface area contributed by atoms with E-state index in [0.717, 1.165) is 37.3 Å². The molecular weight excluding hydrogens is 214 g/mol. The van der Waals surface area contributed by atoms with Gasteiger partial charge in [-0.15, -0.1) is 0 Å². The second-order valence-electron chi connectivity index (χ2n) is 4.30. The minimum absolute atomic E-state index is 0.118. The number of carbonyl (C=O) groups excluding carboxylic acids is 1. The first-order valence-corrected chi connectivity index (χ1v) is 6.11. The highest BCUT2D eigenvalue weighted by Gasteiger charge is 2.14. The Morgan fingerprint density at radius 3 is 3.00 bits per heavy atom. The summed E-state index contributed by atoms with van der Waals surface area (Å²) in [6.07, 6.45) is 2.54. The van der Waals surface area contributed by atoms with E-state index in [1.165, 1.54) is 5.56 Å². The summed E-state index contributed by atoms with van der Waals surface area (Å²) in [6.45, 7) is 1.99. The summed E-state index contributed by atoms with van der Waals surface area (Å²) in [5.74, 6) is 0.118. The Kier molecular flexibility index (Phi) is 3.98. The van der Waals surface area contributed by atoms with Gasteiger partial charge in [0.05, 0.1) is 0 Å². The number of amides is 1. The van der Waals surface area contributed by atoms with E-state index in [1.807, 2.05) is 19.2 Å². The van der Waals surface area contributed by atoms with Crippen LogP contribution in [0.2, 0.25) is 0 Å². The van der Waals surface area contributed by atoms with E-state index in [2.05, 4.69) is 22.0 Å². The van der Waals surface area contributed by atoms with Gasteiger partial charge in [0.15, 0.2) is 0 Å². The summed E-state index contributed by atoms with van der Waals surface area (Å²) in [6, 6.07) is 6.13. The van der Waals surface area contributed by atoms with Crippen molar-refractivity contribution in [1.29, 1.82) is 0 Å². The molecule has 0 fully saturated rings. The van der Waals surface area contributed by atoms with Crippen molar-refractivity contribution in [1.82, 2.24) is 5.32 Å². The zero-order valence-electron chi connectivity index (χ0n) is 10.2. The van der Waals surface area contributed by atoms with Crippen molar-refractivity contribution in [2.45, 2.75) is 19.3 Å². The second kappa shape index (κ2) is 5.68. The molecule has 0 aromatic heterocycles. The zero-order chi connectivity index (χ0) is 12.1. The molecule has 0 radical (unpaired) electrons. The van der Waals surface area contributed by atoms with Crippen LogP contribution in [0.15, 0.2) is 18.2 Å². The van der Waals surface area contributed by atoms with E-state index in [0.29, 0.717) is 6.42 Å². The molecule has 0 unspecified atom stereocenters. The molecule has 92 valence electrons. The molecule has 1 amide bonds. The van der Waals surface area contributed by atoms with Gasteiger partial charge in [-0.25, -0.2) is 0 Å². The number of rotatable bonds is 5. The van der Waals surface area contributed by atoms with Crippen LogP contribution < -0.4 is 16.0 Å². The molecule has 4 nitrogen and oxygen atoms in total. The van der Waals surface area contributed by atoms with Gasteiger partial charge in [-0.2, -0.15) is 0 Å². The van der Waals surface area contributed by atoms with Crippen LogP contribution in [0.3, 0.4) is 0 Å². The zero-order valence-corrected chi connectivity index (χ0v) is 10.2. The smallest absolute Gasteiger partial charge is 0.224 e. The maximum absolute atomic E-state index is 11.2. The summed E-state index contributed by atoms with van der Waals surface area (Å²) < 4.78 is 0. The molecule has 0 aliphatic carbocycles. The van der Waals surface area contributed by atoms with Crippen LogP contribution in [0.25, 0.3) is 0 Å². The Morgan fingerprint density at radius 2 is 2.18 bits per heavy atom. The number of hydrogen-bond donors (Lipinski definition) is 3. The fraction of sp³-hybridized carbons (Fsp3) is 0.462. The minimum atomic E-state index is 0.118. The summed E-state index contributed by atoms with van der Waals surface area (Å²) in [4.78, 5) is 11.2. The molecule has 1 aliphatic rings. The number of nitrogens with one attached hydrogen (secondary N) is 3. The molecule has 3 N–H and O–H groups in total. The minimum Gasteiger partial charge on any atom is -0.385 e. The molecule has 4 heteroatoms. The SMILES string of the molecule is CNCCCNc1ccc2c(c1)CCC(=O)N2. The lowest BCUT2D eigenvalue weighted by molar-refractivity contribution is -0.116. The molecule has 1 aliphatic heterocycles. The molecule has 0 saturated heterocycles. The first-order valence-electron chi connectivity index (χ1n) is 6.11. The average Bonchev–Trinajstić information content (AvgIpc) is 2.35. The molecule has 1 heterocycles. The van der Waals surface area contributed by atoms with Crippen LogP contribution in [-0.2, 0) is 11.2 Å². The monoisotopic (exact) mass is 233 g/mol. The highest BCUT2D eigenvalue weighted by molar-refractivity contribution is 5.94. The number of fused-ring (bicyclic) bond motifs is 1. The van der Waals surface area contributed by atoms with Gasteiger partial charge in [-0.1, -0.05) is 0 Å². The third-order valence-corrected chi connectivity index (χ3v) is 2.93. The number of benzene rings is 1. The van der Waals surface area contributed by atoms with Crippen molar-refractivity contribution in [3.05, 3.63) is 23.8 Å². The van der Waals surface area contributed by atoms with E-state index < -0.39 is 0 Å². The number of aryl methyl sites for hydroxylation is 1. The van der Waals surface area contributed by atoms with Crippen molar-refractivity contribution >= 4 is 17.3 Å². The molecule has 1 aromatic carbocycles. The van der Waals surface area contributed by atoms with Gasteiger partial charge >= 0.3 is 0 Å². The normalized spacial score (nSPS) is 14.1. The number of carbonyl (C=O) groups is 1.